The van der Waals surface area contributed by atoms with Gasteiger partial charge in [0.1, 0.15) is 12.1 Å². The fraction of sp³-hybridized carbons (Fsp3) is 0.615. The highest BCUT2D eigenvalue weighted by Crippen LogP contribution is 2.38. The Morgan fingerprint density at radius 1 is 1.39 bits per heavy atom. The van der Waals surface area contributed by atoms with Crippen LogP contribution in [0.4, 0.5) is 0 Å². The van der Waals surface area contributed by atoms with E-state index in [2.05, 4.69) is 9.97 Å². The summed E-state index contributed by atoms with van der Waals surface area (Å²) in [5, 5.41) is 0. The number of carbonyl (C=O) groups is 1. The fourth-order valence-electron chi connectivity index (χ4n) is 2.23. The molecule has 98 valence electrons. The van der Waals surface area contributed by atoms with Crippen molar-refractivity contribution in [2.24, 2.45) is 0 Å². The van der Waals surface area contributed by atoms with Gasteiger partial charge in [-0.2, -0.15) is 0 Å². The Morgan fingerprint density at radius 3 is 2.72 bits per heavy atom. The van der Waals surface area contributed by atoms with E-state index in [-0.39, 0.29) is 11.4 Å². The minimum Gasteiger partial charge on any atom is -0.481 e. The van der Waals surface area contributed by atoms with Crippen molar-refractivity contribution in [1.29, 1.82) is 0 Å². The highest BCUT2D eigenvalue weighted by molar-refractivity contribution is 5.81. The molecule has 1 aromatic rings. The fourth-order valence-corrected chi connectivity index (χ4v) is 2.23. The Kier molecular flexibility index (Phi) is 3.91. The van der Waals surface area contributed by atoms with E-state index < -0.39 is 0 Å². The predicted molar refractivity (Wildman–Crippen MR) is 65.5 cm³/mol. The Balaban J connectivity index is 1.94. The number of hydrogen-bond acceptors (Lipinski definition) is 5. The van der Waals surface area contributed by atoms with E-state index in [4.69, 9.17) is 9.47 Å². The van der Waals surface area contributed by atoms with Crippen LogP contribution >= 0.6 is 0 Å². The van der Waals surface area contributed by atoms with Crippen molar-refractivity contribution in [2.75, 3.05) is 14.2 Å². The lowest BCUT2D eigenvalue weighted by Crippen LogP contribution is -2.41. The van der Waals surface area contributed by atoms with Crippen LogP contribution in [0.1, 0.15) is 31.4 Å². The second-order valence-electron chi connectivity index (χ2n) is 4.68. The molecule has 5 heteroatoms. The van der Waals surface area contributed by atoms with E-state index in [1.54, 1.807) is 20.3 Å². The van der Waals surface area contributed by atoms with Crippen LogP contribution in [-0.4, -0.2) is 35.6 Å². The van der Waals surface area contributed by atoms with Crippen LogP contribution in [0.25, 0.3) is 0 Å². The first-order chi connectivity index (χ1) is 8.67. The summed E-state index contributed by atoms with van der Waals surface area (Å²) in [5.74, 6) is 0.634. The summed E-state index contributed by atoms with van der Waals surface area (Å²) in [7, 11) is 3.22. The molecule has 1 aliphatic rings. The molecule has 0 spiro atoms. The molecule has 2 rings (SSSR count). The summed E-state index contributed by atoms with van der Waals surface area (Å²) >= 11 is 0. The first-order valence-electron chi connectivity index (χ1n) is 6.09. The van der Waals surface area contributed by atoms with E-state index in [1.165, 1.54) is 6.33 Å². The monoisotopic (exact) mass is 250 g/mol. The molecule has 1 aromatic heterocycles. The van der Waals surface area contributed by atoms with Gasteiger partial charge in [-0.3, -0.25) is 4.79 Å². The number of methoxy groups -OCH3 is 2. The Labute approximate surface area is 107 Å². The van der Waals surface area contributed by atoms with Crippen LogP contribution in [0.15, 0.2) is 12.4 Å². The lowest BCUT2D eigenvalue weighted by atomic mass is 9.76. The largest absolute Gasteiger partial charge is 0.481 e. The molecule has 0 aliphatic heterocycles. The van der Waals surface area contributed by atoms with Gasteiger partial charge < -0.3 is 9.47 Å². The lowest BCUT2D eigenvalue weighted by molar-refractivity contribution is -0.131. The molecule has 0 aromatic carbocycles. The van der Waals surface area contributed by atoms with Crippen molar-refractivity contribution in [2.45, 2.75) is 37.7 Å². The van der Waals surface area contributed by atoms with Crippen molar-refractivity contribution >= 4 is 5.78 Å². The van der Waals surface area contributed by atoms with E-state index in [9.17, 15) is 4.79 Å². The molecular formula is C13H18N2O3. The number of rotatable bonds is 6. The number of ketones is 1. The third-order valence-electron chi connectivity index (χ3n) is 3.50. The number of Topliss-reactive ketones (excluding diaryl/α,β-unsaturated/α-hetero) is 1. The molecule has 0 N–H and O–H groups in total. The van der Waals surface area contributed by atoms with Crippen LogP contribution in [0, 0.1) is 0 Å². The summed E-state index contributed by atoms with van der Waals surface area (Å²) in [5.41, 5.74) is 0.478. The number of ether oxygens (including phenoxy) is 2. The van der Waals surface area contributed by atoms with Crippen LogP contribution in [0.2, 0.25) is 0 Å². The molecule has 0 saturated heterocycles. The molecule has 0 bridgehead atoms. The molecule has 5 nitrogen and oxygen atoms in total. The molecular weight excluding hydrogens is 232 g/mol. The van der Waals surface area contributed by atoms with Gasteiger partial charge in [-0.05, 0) is 19.3 Å². The molecule has 18 heavy (non-hydrogen) atoms. The van der Waals surface area contributed by atoms with Crippen molar-refractivity contribution < 1.29 is 14.3 Å². The van der Waals surface area contributed by atoms with Crippen molar-refractivity contribution in [3.05, 3.63) is 18.1 Å². The smallest absolute Gasteiger partial charge is 0.216 e. The van der Waals surface area contributed by atoms with E-state index >= 15 is 0 Å². The molecule has 0 amide bonds. The highest BCUT2D eigenvalue weighted by atomic mass is 16.5. The maximum Gasteiger partial charge on any atom is 0.216 e. The van der Waals surface area contributed by atoms with Gasteiger partial charge in [-0.25, -0.2) is 9.97 Å². The van der Waals surface area contributed by atoms with Gasteiger partial charge in [0.05, 0.1) is 18.4 Å². The van der Waals surface area contributed by atoms with Gasteiger partial charge in [0.2, 0.25) is 5.88 Å². The molecule has 0 unspecified atom stereocenters. The summed E-state index contributed by atoms with van der Waals surface area (Å²) in [6.07, 6.45) is 5.28. The Morgan fingerprint density at radius 2 is 2.17 bits per heavy atom. The number of aromatic nitrogens is 2. The normalized spacial score (nSPS) is 17.0. The Hall–Kier alpha value is -1.49. The average molecular weight is 250 g/mol. The van der Waals surface area contributed by atoms with Crippen molar-refractivity contribution in [3.8, 4) is 5.88 Å². The van der Waals surface area contributed by atoms with Crippen molar-refractivity contribution in [3.63, 3.8) is 0 Å². The minimum absolute atomic E-state index is 0.150. The summed E-state index contributed by atoms with van der Waals surface area (Å²) in [4.78, 5) is 20.0. The van der Waals surface area contributed by atoms with Crippen LogP contribution in [0.3, 0.4) is 0 Å². The quantitative estimate of drug-likeness (QED) is 0.766. The van der Waals surface area contributed by atoms with E-state index in [0.29, 0.717) is 24.4 Å². The van der Waals surface area contributed by atoms with Gasteiger partial charge >= 0.3 is 0 Å². The summed E-state index contributed by atoms with van der Waals surface area (Å²) < 4.78 is 10.5. The molecule has 1 fully saturated rings. The zero-order valence-electron chi connectivity index (χ0n) is 10.8. The first kappa shape index (κ1) is 13.0. The van der Waals surface area contributed by atoms with E-state index in [1.807, 2.05) is 0 Å². The van der Waals surface area contributed by atoms with Gasteiger partial charge in [0.25, 0.3) is 0 Å². The molecule has 0 atom stereocenters. The standard InChI is InChI=1S/C13H18N2O3/c1-17-12-7-10(14-9-15-12)6-11(16)8-13(18-2)4-3-5-13/h7,9H,3-6,8H2,1-2H3. The summed E-state index contributed by atoms with van der Waals surface area (Å²) in [6.45, 7) is 0. The zero-order valence-corrected chi connectivity index (χ0v) is 10.8. The van der Waals surface area contributed by atoms with Crippen LogP contribution in [0.5, 0.6) is 5.88 Å². The first-order valence-corrected chi connectivity index (χ1v) is 6.09. The van der Waals surface area contributed by atoms with Crippen LogP contribution < -0.4 is 4.74 Å². The number of nitrogens with zero attached hydrogens (tertiary/aromatic N) is 2. The second-order valence-corrected chi connectivity index (χ2v) is 4.68. The van der Waals surface area contributed by atoms with Gasteiger partial charge in [-0.1, -0.05) is 0 Å². The maximum absolute atomic E-state index is 12.0. The average Bonchev–Trinajstić information content (AvgIpc) is 2.34. The lowest BCUT2D eigenvalue weighted by Gasteiger charge is -2.40. The molecule has 1 heterocycles. The molecule has 1 saturated carbocycles. The second kappa shape index (κ2) is 5.44. The van der Waals surface area contributed by atoms with Gasteiger partial charge in [-0.15, -0.1) is 0 Å². The third-order valence-corrected chi connectivity index (χ3v) is 3.50. The minimum atomic E-state index is -0.214. The van der Waals surface area contributed by atoms with E-state index in [0.717, 1.165) is 19.3 Å². The van der Waals surface area contributed by atoms with Gasteiger partial charge in [0.15, 0.2) is 0 Å². The number of hydrogen-bond donors (Lipinski definition) is 0. The molecule has 0 radical (unpaired) electrons. The summed E-state index contributed by atoms with van der Waals surface area (Å²) in [6, 6.07) is 1.69. The zero-order chi connectivity index (χ0) is 13.0. The maximum atomic E-state index is 12.0. The third kappa shape index (κ3) is 2.85. The molecule has 1 aliphatic carbocycles. The SMILES string of the molecule is COc1cc(CC(=O)CC2(OC)CCC2)ncn1. The van der Waals surface area contributed by atoms with Crippen LogP contribution in [-0.2, 0) is 16.0 Å². The van der Waals surface area contributed by atoms with Crippen molar-refractivity contribution in [1.82, 2.24) is 9.97 Å². The number of carbonyl (C=O) groups excluding carboxylic acids is 1. The van der Waals surface area contributed by atoms with Gasteiger partial charge in [0, 0.05) is 26.0 Å². The topological polar surface area (TPSA) is 61.3 Å². The Bertz CT molecular complexity index is 424. The highest BCUT2D eigenvalue weighted by Gasteiger charge is 2.38. The predicted octanol–water partition coefficient (Wildman–Crippen LogP) is 1.56.